The van der Waals surface area contributed by atoms with Crippen LogP contribution in [0, 0.1) is 12.7 Å². The molecule has 0 aliphatic rings. The molecule has 82 valence electrons. The first-order valence-electron chi connectivity index (χ1n) is 5.42. The SMILES string of the molecule is CCc1cccnc1-c1ccc(F)c(C)c1. The average molecular weight is 215 g/mol. The number of halogens is 1. The van der Waals surface area contributed by atoms with Crippen molar-refractivity contribution in [3.05, 3.63) is 53.5 Å². The number of nitrogens with zero attached hydrogens (tertiary/aromatic N) is 1. The molecule has 2 rings (SSSR count). The third kappa shape index (κ3) is 1.96. The van der Waals surface area contributed by atoms with Crippen molar-refractivity contribution in [2.45, 2.75) is 20.3 Å². The van der Waals surface area contributed by atoms with Crippen molar-refractivity contribution in [2.24, 2.45) is 0 Å². The van der Waals surface area contributed by atoms with Gasteiger partial charge in [-0.3, -0.25) is 4.98 Å². The molecule has 1 aromatic carbocycles. The zero-order valence-electron chi connectivity index (χ0n) is 9.50. The maximum atomic E-state index is 13.2. The first kappa shape index (κ1) is 10.8. The van der Waals surface area contributed by atoms with Crippen LogP contribution in [0.25, 0.3) is 11.3 Å². The minimum atomic E-state index is -0.169. The van der Waals surface area contributed by atoms with Crippen molar-refractivity contribution in [3.63, 3.8) is 0 Å². The summed E-state index contributed by atoms with van der Waals surface area (Å²) >= 11 is 0. The van der Waals surface area contributed by atoms with Gasteiger partial charge in [0, 0.05) is 11.8 Å². The molecule has 0 amide bonds. The molecule has 0 bridgehead atoms. The quantitative estimate of drug-likeness (QED) is 0.743. The van der Waals surface area contributed by atoms with Crippen LogP contribution in [0.15, 0.2) is 36.5 Å². The second-order valence-electron chi connectivity index (χ2n) is 3.83. The van der Waals surface area contributed by atoms with Gasteiger partial charge in [0.15, 0.2) is 0 Å². The average Bonchev–Trinajstić information content (AvgIpc) is 2.32. The van der Waals surface area contributed by atoms with Gasteiger partial charge < -0.3 is 0 Å². The van der Waals surface area contributed by atoms with E-state index in [0.717, 1.165) is 17.7 Å². The topological polar surface area (TPSA) is 12.9 Å². The van der Waals surface area contributed by atoms with Crippen LogP contribution in [-0.4, -0.2) is 4.98 Å². The molecule has 0 unspecified atom stereocenters. The molecule has 0 saturated heterocycles. The molecule has 1 aromatic heterocycles. The number of hydrogen-bond donors (Lipinski definition) is 0. The molecule has 0 radical (unpaired) electrons. The summed E-state index contributed by atoms with van der Waals surface area (Å²) in [5.41, 5.74) is 3.78. The summed E-state index contributed by atoms with van der Waals surface area (Å²) in [5, 5.41) is 0. The van der Waals surface area contributed by atoms with Gasteiger partial charge in [0.2, 0.25) is 0 Å². The van der Waals surface area contributed by atoms with E-state index in [-0.39, 0.29) is 5.82 Å². The summed E-state index contributed by atoms with van der Waals surface area (Å²) in [5.74, 6) is -0.169. The maximum Gasteiger partial charge on any atom is 0.126 e. The number of rotatable bonds is 2. The number of hydrogen-bond acceptors (Lipinski definition) is 1. The molecule has 0 aliphatic carbocycles. The lowest BCUT2D eigenvalue weighted by molar-refractivity contribution is 0.618. The van der Waals surface area contributed by atoms with E-state index in [1.165, 1.54) is 11.6 Å². The Hall–Kier alpha value is -1.70. The van der Waals surface area contributed by atoms with E-state index in [1.54, 1.807) is 19.2 Å². The standard InChI is InChI=1S/C14H14FN/c1-3-11-5-4-8-16-14(11)12-6-7-13(15)10(2)9-12/h4-9H,3H2,1-2H3. The predicted molar refractivity (Wildman–Crippen MR) is 63.7 cm³/mol. The molecule has 0 saturated carbocycles. The molecule has 2 aromatic rings. The van der Waals surface area contributed by atoms with Crippen molar-refractivity contribution in [1.82, 2.24) is 4.98 Å². The fraction of sp³-hybridized carbons (Fsp3) is 0.214. The summed E-state index contributed by atoms with van der Waals surface area (Å²) in [6, 6.07) is 9.11. The molecule has 0 aliphatic heterocycles. The lowest BCUT2D eigenvalue weighted by Gasteiger charge is -2.07. The first-order valence-corrected chi connectivity index (χ1v) is 5.42. The Labute approximate surface area is 95.0 Å². The van der Waals surface area contributed by atoms with Crippen molar-refractivity contribution >= 4 is 0 Å². The number of aryl methyl sites for hydroxylation is 2. The Morgan fingerprint density at radius 3 is 2.75 bits per heavy atom. The number of pyridine rings is 1. The van der Waals surface area contributed by atoms with Crippen molar-refractivity contribution in [3.8, 4) is 11.3 Å². The van der Waals surface area contributed by atoms with E-state index < -0.39 is 0 Å². The third-order valence-corrected chi connectivity index (χ3v) is 2.70. The molecule has 1 heterocycles. The summed E-state index contributed by atoms with van der Waals surface area (Å²) in [4.78, 5) is 4.37. The molecule has 0 atom stereocenters. The second-order valence-corrected chi connectivity index (χ2v) is 3.83. The molecule has 0 N–H and O–H groups in total. The monoisotopic (exact) mass is 215 g/mol. The fourth-order valence-electron chi connectivity index (χ4n) is 1.78. The minimum Gasteiger partial charge on any atom is -0.256 e. The predicted octanol–water partition coefficient (Wildman–Crippen LogP) is 3.76. The zero-order chi connectivity index (χ0) is 11.5. The number of aromatic nitrogens is 1. The number of benzene rings is 1. The highest BCUT2D eigenvalue weighted by molar-refractivity contribution is 5.63. The normalized spacial score (nSPS) is 10.4. The molecule has 0 fully saturated rings. The van der Waals surface area contributed by atoms with Gasteiger partial charge in [0.1, 0.15) is 5.82 Å². The van der Waals surface area contributed by atoms with Gasteiger partial charge in [-0.2, -0.15) is 0 Å². The lowest BCUT2D eigenvalue weighted by Crippen LogP contribution is -1.92. The Kier molecular flexibility index (Phi) is 3.00. The minimum absolute atomic E-state index is 0.169. The molecule has 16 heavy (non-hydrogen) atoms. The summed E-state index contributed by atoms with van der Waals surface area (Å²) in [6.07, 6.45) is 2.70. The van der Waals surface area contributed by atoms with Gasteiger partial charge in [-0.15, -0.1) is 0 Å². The van der Waals surface area contributed by atoms with Crippen molar-refractivity contribution in [1.29, 1.82) is 0 Å². The van der Waals surface area contributed by atoms with E-state index in [0.29, 0.717) is 5.56 Å². The van der Waals surface area contributed by atoms with Crippen LogP contribution in [0.2, 0.25) is 0 Å². The summed E-state index contributed by atoms with van der Waals surface area (Å²) < 4.78 is 13.2. The smallest absolute Gasteiger partial charge is 0.126 e. The van der Waals surface area contributed by atoms with Crippen LogP contribution < -0.4 is 0 Å². The fourth-order valence-corrected chi connectivity index (χ4v) is 1.78. The van der Waals surface area contributed by atoms with E-state index in [2.05, 4.69) is 18.0 Å². The first-order chi connectivity index (χ1) is 7.72. The highest BCUT2D eigenvalue weighted by atomic mass is 19.1. The van der Waals surface area contributed by atoms with Gasteiger partial charge >= 0.3 is 0 Å². The van der Waals surface area contributed by atoms with E-state index in [1.807, 2.05) is 12.1 Å². The second kappa shape index (κ2) is 4.44. The highest BCUT2D eigenvalue weighted by Gasteiger charge is 2.06. The largest absolute Gasteiger partial charge is 0.256 e. The highest BCUT2D eigenvalue weighted by Crippen LogP contribution is 2.23. The van der Waals surface area contributed by atoms with Crippen LogP contribution in [-0.2, 0) is 6.42 Å². The van der Waals surface area contributed by atoms with Crippen LogP contribution >= 0.6 is 0 Å². The van der Waals surface area contributed by atoms with Gasteiger partial charge in [0.05, 0.1) is 5.69 Å². The Morgan fingerprint density at radius 1 is 1.25 bits per heavy atom. The van der Waals surface area contributed by atoms with Gasteiger partial charge in [-0.25, -0.2) is 4.39 Å². The van der Waals surface area contributed by atoms with E-state index in [4.69, 9.17) is 0 Å². The Balaban J connectivity index is 2.54. The molecule has 1 nitrogen and oxygen atoms in total. The van der Waals surface area contributed by atoms with Crippen LogP contribution in [0.5, 0.6) is 0 Å². The summed E-state index contributed by atoms with van der Waals surface area (Å²) in [6.45, 7) is 3.87. The van der Waals surface area contributed by atoms with Crippen LogP contribution in [0.3, 0.4) is 0 Å². The molecule has 0 spiro atoms. The van der Waals surface area contributed by atoms with E-state index >= 15 is 0 Å². The van der Waals surface area contributed by atoms with Crippen molar-refractivity contribution in [2.75, 3.05) is 0 Å². The van der Waals surface area contributed by atoms with Gasteiger partial charge in [-0.1, -0.05) is 13.0 Å². The zero-order valence-corrected chi connectivity index (χ0v) is 9.50. The third-order valence-electron chi connectivity index (χ3n) is 2.70. The molecule has 2 heteroatoms. The van der Waals surface area contributed by atoms with Crippen LogP contribution in [0.4, 0.5) is 4.39 Å². The van der Waals surface area contributed by atoms with Gasteiger partial charge in [0.25, 0.3) is 0 Å². The Bertz CT molecular complexity index is 506. The Morgan fingerprint density at radius 2 is 2.06 bits per heavy atom. The van der Waals surface area contributed by atoms with E-state index in [9.17, 15) is 4.39 Å². The maximum absolute atomic E-state index is 13.2. The lowest BCUT2D eigenvalue weighted by atomic mass is 10.0. The van der Waals surface area contributed by atoms with Crippen LogP contribution in [0.1, 0.15) is 18.1 Å². The summed E-state index contributed by atoms with van der Waals surface area (Å²) in [7, 11) is 0. The molecular weight excluding hydrogens is 201 g/mol. The molecular formula is C14H14FN. The van der Waals surface area contributed by atoms with Crippen molar-refractivity contribution < 1.29 is 4.39 Å². The van der Waals surface area contributed by atoms with Gasteiger partial charge in [-0.05, 0) is 48.7 Å².